The molecule has 1 unspecified atom stereocenters. The van der Waals surface area contributed by atoms with Crippen LogP contribution in [0.15, 0.2) is 36.5 Å². The van der Waals surface area contributed by atoms with Crippen LogP contribution in [0.4, 0.5) is 17.3 Å². The minimum absolute atomic E-state index is 0.0927. The van der Waals surface area contributed by atoms with E-state index in [1.165, 1.54) is 6.42 Å². The van der Waals surface area contributed by atoms with E-state index in [-0.39, 0.29) is 12.1 Å². The van der Waals surface area contributed by atoms with Gasteiger partial charge in [-0.3, -0.25) is 10.00 Å². The van der Waals surface area contributed by atoms with Gasteiger partial charge in [0.15, 0.2) is 0 Å². The highest BCUT2D eigenvalue weighted by Crippen LogP contribution is 2.42. The lowest BCUT2D eigenvalue weighted by molar-refractivity contribution is 0.152. The lowest BCUT2D eigenvalue weighted by Gasteiger charge is -2.31. The van der Waals surface area contributed by atoms with Gasteiger partial charge in [-0.05, 0) is 49.1 Å². The molecule has 0 amide bonds. The average molecular weight is 434 g/mol. The van der Waals surface area contributed by atoms with Crippen molar-refractivity contribution in [2.75, 3.05) is 10.6 Å². The minimum atomic E-state index is -0.789. The van der Waals surface area contributed by atoms with Gasteiger partial charge in [0.1, 0.15) is 17.9 Å². The Morgan fingerprint density at radius 1 is 1.19 bits per heavy atom. The summed E-state index contributed by atoms with van der Waals surface area (Å²) in [7, 11) is 1.93. The van der Waals surface area contributed by atoms with Crippen molar-refractivity contribution >= 4 is 17.3 Å². The van der Waals surface area contributed by atoms with Crippen LogP contribution in [-0.4, -0.2) is 32.0 Å². The summed E-state index contributed by atoms with van der Waals surface area (Å²) in [6.07, 6.45) is 5.36. The van der Waals surface area contributed by atoms with Crippen LogP contribution in [0.3, 0.4) is 0 Å². The molecule has 8 heteroatoms. The van der Waals surface area contributed by atoms with E-state index in [1.54, 1.807) is 6.20 Å². The first-order valence-corrected chi connectivity index (χ1v) is 11.3. The summed E-state index contributed by atoms with van der Waals surface area (Å²) in [5.74, 6) is 1.43. The summed E-state index contributed by atoms with van der Waals surface area (Å²) in [5, 5.41) is 25.5. The quantitative estimate of drug-likeness (QED) is 0.419. The lowest BCUT2D eigenvalue weighted by Crippen LogP contribution is -2.43. The topological polar surface area (TPSA) is 113 Å². The van der Waals surface area contributed by atoms with Gasteiger partial charge >= 0.3 is 0 Å². The Morgan fingerprint density at radius 3 is 2.78 bits per heavy atom. The number of aryl methyl sites for hydroxylation is 2. The van der Waals surface area contributed by atoms with Gasteiger partial charge in [0, 0.05) is 48.7 Å². The predicted molar refractivity (Wildman–Crippen MR) is 127 cm³/mol. The van der Waals surface area contributed by atoms with Gasteiger partial charge in [-0.2, -0.15) is 5.10 Å². The summed E-state index contributed by atoms with van der Waals surface area (Å²) in [5.41, 5.74) is 12.3. The smallest absolute Gasteiger partial charge is 0.140 e. The minimum Gasteiger partial charge on any atom is -0.374 e. The Bertz CT molecular complexity index is 1130. The molecular formula is C24H31N7O. The number of aliphatic hydroxyl groups excluding tert-OH is 1. The summed E-state index contributed by atoms with van der Waals surface area (Å²) >= 11 is 0. The number of nitrogens with two attached hydrogens (primary N) is 1. The van der Waals surface area contributed by atoms with Crippen LogP contribution in [0, 0.1) is 6.92 Å². The fraction of sp³-hybridized carbons (Fsp3) is 0.417. The third kappa shape index (κ3) is 3.85. The Balaban J connectivity index is 1.65. The van der Waals surface area contributed by atoms with Crippen LogP contribution in [0.1, 0.15) is 48.6 Å². The highest BCUT2D eigenvalue weighted by molar-refractivity contribution is 5.82. The number of fused-ring (bicyclic) bond motifs is 1. The second-order valence-electron chi connectivity index (χ2n) is 8.89. The zero-order valence-corrected chi connectivity index (χ0v) is 18.6. The molecule has 32 heavy (non-hydrogen) atoms. The monoisotopic (exact) mass is 433 g/mol. The second kappa shape index (κ2) is 8.54. The first-order valence-electron chi connectivity index (χ1n) is 11.3. The highest BCUT2D eigenvalue weighted by atomic mass is 16.3. The molecule has 1 fully saturated rings. The third-order valence-electron chi connectivity index (χ3n) is 6.59. The molecule has 0 radical (unpaired) electrons. The number of benzene rings is 1. The molecule has 3 atom stereocenters. The van der Waals surface area contributed by atoms with Crippen molar-refractivity contribution < 1.29 is 5.11 Å². The van der Waals surface area contributed by atoms with Gasteiger partial charge in [0.25, 0.3) is 0 Å². The Hall–Kier alpha value is -2.94. The molecule has 0 saturated heterocycles. The molecule has 0 bridgehead atoms. The Morgan fingerprint density at radius 2 is 2.03 bits per heavy atom. The van der Waals surface area contributed by atoms with Crippen molar-refractivity contribution in [3.8, 4) is 11.3 Å². The molecule has 1 saturated carbocycles. The van der Waals surface area contributed by atoms with Crippen LogP contribution in [0.2, 0.25) is 0 Å². The van der Waals surface area contributed by atoms with Crippen LogP contribution in [0.25, 0.3) is 11.3 Å². The average Bonchev–Trinajstić information content (AvgIpc) is 3.36. The van der Waals surface area contributed by atoms with Crippen molar-refractivity contribution in [1.29, 1.82) is 0 Å². The molecule has 0 spiro atoms. The normalized spacial score (nSPS) is 22.6. The summed E-state index contributed by atoms with van der Waals surface area (Å²) in [6, 6.07) is 10.4. The van der Waals surface area contributed by atoms with E-state index in [0.717, 1.165) is 58.7 Å². The van der Waals surface area contributed by atoms with Crippen molar-refractivity contribution in [2.45, 2.75) is 57.5 Å². The number of pyridine rings is 1. The predicted octanol–water partition coefficient (Wildman–Crippen LogP) is 3.31. The van der Waals surface area contributed by atoms with Gasteiger partial charge in [-0.1, -0.05) is 25.0 Å². The van der Waals surface area contributed by atoms with Gasteiger partial charge in [0.05, 0.1) is 5.69 Å². The molecular weight excluding hydrogens is 402 g/mol. The van der Waals surface area contributed by atoms with E-state index in [4.69, 9.17) is 10.7 Å². The van der Waals surface area contributed by atoms with Crippen LogP contribution in [-0.2, 0) is 13.6 Å². The zero-order valence-electron chi connectivity index (χ0n) is 18.6. The van der Waals surface area contributed by atoms with Gasteiger partial charge in [-0.25, -0.2) is 4.98 Å². The lowest BCUT2D eigenvalue weighted by atomic mass is 9.90. The largest absolute Gasteiger partial charge is 0.374 e. The number of hydrogen-bond acceptors (Lipinski definition) is 7. The molecule has 3 heterocycles. The van der Waals surface area contributed by atoms with Crippen LogP contribution in [0.5, 0.6) is 0 Å². The number of nitrogens with one attached hydrogen (secondary N) is 3. The number of hydrogen-bond donors (Lipinski definition) is 5. The van der Waals surface area contributed by atoms with Crippen molar-refractivity contribution in [2.24, 2.45) is 12.8 Å². The fourth-order valence-corrected chi connectivity index (χ4v) is 4.90. The van der Waals surface area contributed by atoms with Gasteiger partial charge in [0.2, 0.25) is 0 Å². The SMILES string of the molecule is Cc1cccc(Nc2nc(N[C@@H]3CCCC[C@@H]3N)c(-c3ccnn3C)c3c2C(O)NC3)c1. The van der Waals surface area contributed by atoms with E-state index < -0.39 is 6.23 Å². The molecule has 3 aromatic rings. The van der Waals surface area contributed by atoms with Gasteiger partial charge in [-0.15, -0.1) is 0 Å². The maximum absolute atomic E-state index is 10.8. The second-order valence-corrected chi connectivity index (χ2v) is 8.89. The van der Waals surface area contributed by atoms with E-state index in [2.05, 4.69) is 40.1 Å². The van der Waals surface area contributed by atoms with E-state index in [9.17, 15) is 5.11 Å². The highest BCUT2D eigenvalue weighted by Gasteiger charge is 2.32. The van der Waals surface area contributed by atoms with E-state index >= 15 is 0 Å². The fourth-order valence-electron chi connectivity index (χ4n) is 4.90. The molecule has 2 aliphatic rings. The zero-order chi connectivity index (χ0) is 22.2. The number of nitrogens with zero attached hydrogens (tertiary/aromatic N) is 3. The van der Waals surface area contributed by atoms with Crippen LogP contribution < -0.4 is 21.7 Å². The molecule has 1 aliphatic heterocycles. The first kappa shape index (κ1) is 20.9. The summed E-state index contributed by atoms with van der Waals surface area (Å²) in [6.45, 7) is 2.61. The number of aromatic nitrogens is 3. The maximum atomic E-state index is 10.8. The summed E-state index contributed by atoms with van der Waals surface area (Å²) in [4.78, 5) is 5.03. The van der Waals surface area contributed by atoms with Gasteiger partial charge < -0.3 is 21.5 Å². The Labute approximate surface area is 188 Å². The van der Waals surface area contributed by atoms with Crippen LogP contribution >= 0.6 is 0 Å². The van der Waals surface area contributed by atoms with E-state index in [0.29, 0.717) is 12.4 Å². The molecule has 8 nitrogen and oxygen atoms in total. The maximum Gasteiger partial charge on any atom is 0.140 e. The molecule has 6 N–H and O–H groups in total. The molecule has 2 aromatic heterocycles. The third-order valence-corrected chi connectivity index (χ3v) is 6.59. The molecule has 1 aliphatic carbocycles. The number of aliphatic hydroxyl groups is 1. The molecule has 5 rings (SSSR count). The van der Waals surface area contributed by atoms with Crippen molar-refractivity contribution in [3.63, 3.8) is 0 Å². The summed E-state index contributed by atoms with van der Waals surface area (Å²) < 4.78 is 1.85. The molecule has 168 valence electrons. The molecule has 1 aromatic carbocycles. The number of rotatable bonds is 5. The van der Waals surface area contributed by atoms with E-state index in [1.807, 2.05) is 29.9 Å². The number of anilines is 3. The first-order chi connectivity index (χ1) is 15.5. The standard InChI is InChI=1S/C24H31N7O/c1-14-6-5-7-15(12-14)28-23-21-16(13-26-24(21)32)20(19-10-11-27-31(19)2)22(30-23)29-18-9-4-3-8-17(18)25/h5-7,10-12,17-18,24,26,32H,3-4,8-9,13,25H2,1-2H3,(H2,28,29,30)/t17-,18+,24?/m0/s1. The van der Waals surface area contributed by atoms with Crippen molar-refractivity contribution in [3.05, 3.63) is 53.2 Å². The van der Waals surface area contributed by atoms with Crippen molar-refractivity contribution in [1.82, 2.24) is 20.1 Å². The Kier molecular flexibility index (Phi) is 5.58.